The molecule has 1 aromatic heterocycles. The number of benzene rings is 2. The Hall–Kier alpha value is -3.22. The summed E-state index contributed by atoms with van der Waals surface area (Å²) in [6.07, 6.45) is 1.51. The SMILES string of the molecule is Cc1ccc(C(C)NC(=O)COc2ccc(-n3cnnn3)cc2)cc1C. The lowest BCUT2D eigenvalue weighted by Gasteiger charge is -2.16. The molecule has 0 bridgehead atoms. The summed E-state index contributed by atoms with van der Waals surface area (Å²) in [4.78, 5) is 12.1. The van der Waals surface area contributed by atoms with Crippen LogP contribution in [-0.4, -0.2) is 32.7 Å². The maximum Gasteiger partial charge on any atom is 0.258 e. The molecule has 1 amide bonds. The highest BCUT2D eigenvalue weighted by Crippen LogP contribution is 2.17. The minimum Gasteiger partial charge on any atom is -0.484 e. The van der Waals surface area contributed by atoms with Crippen LogP contribution in [0.5, 0.6) is 5.75 Å². The summed E-state index contributed by atoms with van der Waals surface area (Å²) in [5, 5.41) is 13.9. The van der Waals surface area contributed by atoms with Crippen molar-refractivity contribution in [1.82, 2.24) is 25.5 Å². The van der Waals surface area contributed by atoms with Crippen LogP contribution in [0.2, 0.25) is 0 Å². The number of tetrazole rings is 1. The molecule has 7 heteroatoms. The Bertz CT molecular complexity index is 875. The topological polar surface area (TPSA) is 81.9 Å². The number of aryl methyl sites for hydroxylation is 2. The van der Waals surface area contributed by atoms with Gasteiger partial charge in [0.25, 0.3) is 5.91 Å². The van der Waals surface area contributed by atoms with Crippen LogP contribution < -0.4 is 10.1 Å². The van der Waals surface area contributed by atoms with Crippen LogP contribution in [0.3, 0.4) is 0 Å². The van der Waals surface area contributed by atoms with E-state index in [0.717, 1.165) is 11.3 Å². The van der Waals surface area contributed by atoms with Crippen LogP contribution in [0.1, 0.15) is 29.7 Å². The van der Waals surface area contributed by atoms with Gasteiger partial charge in [0.2, 0.25) is 0 Å². The third-order valence-corrected chi connectivity index (χ3v) is 4.23. The zero-order valence-electron chi connectivity index (χ0n) is 15.0. The zero-order chi connectivity index (χ0) is 18.5. The molecule has 7 nitrogen and oxygen atoms in total. The Kier molecular flexibility index (Phi) is 5.26. The quantitative estimate of drug-likeness (QED) is 0.738. The molecule has 2 aromatic carbocycles. The lowest BCUT2D eigenvalue weighted by molar-refractivity contribution is -0.123. The summed E-state index contributed by atoms with van der Waals surface area (Å²) in [6.45, 7) is 6.05. The summed E-state index contributed by atoms with van der Waals surface area (Å²) in [5.74, 6) is 0.441. The molecule has 134 valence electrons. The molecule has 0 aliphatic heterocycles. The molecule has 1 unspecified atom stereocenters. The first-order chi connectivity index (χ1) is 12.5. The molecule has 1 atom stereocenters. The van der Waals surface area contributed by atoms with Crippen molar-refractivity contribution in [3.8, 4) is 11.4 Å². The molecule has 1 heterocycles. The summed E-state index contributed by atoms with van der Waals surface area (Å²) >= 11 is 0. The second kappa shape index (κ2) is 7.77. The molecule has 0 aliphatic rings. The van der Waals surface area contributed by atoms with Gasteiger partial charge >= 0.3 is 0 Å². The molecule has 0 saturated carbocycles. The van der Waals surface area contributed by atoms with Crippen molar-refractivity contribution < 1.29 is 9.53 Å². The minimum atomic E-state index is -0.166. The Labute approximate surface area is 152 Å². The van der Waals surface area contributed by atoms with Gasteiger partial charge < -0.3 is 10.1 Å². The lowest BCUT2D eigenvalue weighted by atomic mass is 10.0. The fourth-order valence-corrected chi connectivity index (χ4v) is 2.52. The highest BCUT2D eigenvalue weighted by Gasteiger charge is 2.11. The van der Waals surface area contributed by atoms with Gasteiger partial charge in [-0.15, -0.1) is 5.10 Å². The Balaban J connectivity index is 1.52. The van der Waals surface area contributed by atoms with Gasteiger partial charge in [-0.1, -0.05) is 18.2 Å². The fraction of sp³-hybridized carbons (Fsp3) is 0.263. The Morgan fingerprint density at radius 2 is 1.92 bits per heavy atom. The predicted molar refractivity (Wildman–Crippen MR) is 97.1 cm³/mol. The van der Waals surface area contributed by atoms with Gasteiger partial charge in [0.05, 0.1) is 11.7 Å². The molecule has 0 spiro atoms. The van der Waals surface area contributed by atoms with Crippen molar-refractivity contribution >= 4 is 5.91 Å². The third-order valence-electron chi connectivity index (χ3n) is 4.23. The van der Waals surface area contributed by atoms with E-state index in [1.807, 2.05) is 25.1 Å². The van der Waals surface area contributed by atoms with E-state index in [1.165, 1.54) is 17.5 Å². The van der Waals surface area contributed by atoms with Crippen molar-refractivity contribution in [2.45, 2.75) is 26.8 Å². The number of nitrogens with one attached hydrogen (secondary N) is 1. The maximum atomic E-state index is 12.1. The number of aromatic nitrogens is 4. The summed E-state index contributed by atoms with van der Waals surface area (Å²) in [7, 11) is 0. The van der Waals surface area contributed by atoms with Gasteiger partial charge in [0.15, 0.2) is 6.61 Å². The van der Waals surface area contributed by atoms with Crippen LogP contribution in [0, 0.1) is 13.8 Å². The second-order valence-electron chi connectivity index (χ2n) is 6.17. The number of hydrogen-bond donors (Lipinski definition) is 1. The molecule has 3 rings (SSSR count). The highest BCUT2D eigenvalue weighted by atomic mass is 16.5. The highest BCUT2D eigenvalue weighted by molar-refractivity contribution is 5.78. The van der Waals surface area contributed by atoms with Crippen LogP contribution in [0.4, 0.5) is 0 Å². The average molecular weight is 351 g/mol. The van der Waals surface area contributed by atoms with E-state index in [0.29, 0.717) is 5.75 Å². The molecule has 0 saturated heterocycles. The first kappa shape index (κ1) is 17.6. The van der Waals surface area contributed by atoms with Gasteiger partial charge in [0.1, 0.15) is 12.1 Å². The third kappa shape index (κ3) is 4.24. The monoisotopic (exact) mass is 351 g/mol. The van der Waals surface area contributed by atoms with E-state index in [-0.39, 0.29) is 18.6 Å². The second-order valence-corrected chi connectivity index (χ2v) is 6.17. The Morgan fingerprint density at radius 3 is 2.58 bits per heavy atom. The van der Waals surface area contributed by atoms with Crippen LogP contribution in [0.25, 0.3) is 5.69 Å². The maximum absolute atomic E-state index is 12.1. The van der Waals surface area contributed by atoms with Crippen molar-refractivity contribution in [2.24, 2.45) is 0 Å². The van der Waals surface area contributed by atoms with E-state index >= 15 is 0 Å². The number of ether oxygens (including phenoxy) is 1. The number of hydrogen-bond acceptors (Lipinski definition) is 5. The molecule has 3 aromatic rings. The van der Waals surface area contributed by atoms with E-state index in [4.69, 9.17) is 4.74 Å². The molecule has 0 fully saturated rings. The molecular weight excluding hydrogens is 330 g/mol. The van der Waals surface area contributed by atoms with E-state index in [9.17, 15) is 4.79 Å². The molecule has 26 heavy (non-hydrogen) atoms. The smallest absolute Gasteiger partial charge is 0.258 e. The minimum absolute atomic E-state index is 0.0423. The van der Waals surface area contributed by atoms with Gasteiger partial charge in [0, 0.05) is 0 Å². The largest absolute Gasteiger partial charge is 0.484 e. The number of rotatable bonds is 6. The van der Waals surface area contributed by atoms with E-state index in [2.05, 4.69) is 46.8 Å². The molecule has 0 radical (unpaired) electrons. The normalized spacial score (nSPS) is 11.8. The van der Waals surface area contributed by atoms with E-state index in [1.54, 1.807) is 16.8 Å². The molecular formula is C19H21N5O2. The molecule has 0 aliphatic carbocycles. The predicted octanol–water partition coefficient (Wildman–Crippen LogP) is 2.54. The lowest BCUT2D eigenvalue weighted by Crippen LogP contribution is -2.31. The van der Waals surface area contributed by atoms with Crippen LogP contribution in [0.15, 0.2) is 48.8 Å². The summed E-state index contributed by atoms with van der Waals surface area (Å²) in [6, 6.07) is 13.3. The number of carbonyl (C=O) groups excluding carboxylic acids is 1. The standard InChI is InChI=1S/C19H21N5O2/c1-13-4-5-16(10-14(13)2)15(3)21-19(25)11-26-18-8-6-17(7-9-18)24-12-20-22-23-24/h4-10,12,15H,11H2,1-3H3,(H,21,25). The fourth-order valence-electron chi connectivity index (χ4n) is 2.52. The van der Waals surface area contributed by atoms with Gasteiger partial charge in [-0.2, -0.15) is 0 Å². The van der Waals surface area contributed by atoms with Gasteiger partial charge in [-0.3, -0.25) is 4.79 Å². The Morgan fingerprint density at radius 1 is 1.15 bits per heavy atom. The first-order valence-corrected chi connectivity index (χ1v) is 8.35. The van der Waals surface area contributed by atoms with Crippen molar-refractivity contribution in [3.05, 3.63) is 65.5 Å². The van der Waals surface area contributed by atoms with E-state index < -0.39 is 0 Å². The number of carbonyl (C=O) groups is 1. The van der Waals surface area contributed by atoms with Gasteiger partial charge in [-0.05, 0) is 72.2 Å². The van der Waals surface area contributed by atoms with Crippen molar-refractivity contribution in [3.63, 3.8) is 0 Å². The first-order valence-electron chi connectivity index (χ1n) is 8.35. The van der Waals surface area contributed by atoms with Crippen molar-refractivity contribution in [1.29, 1.82) is 0 Å². The van der Waals surface area contributed by atoms with Crippen molar-refractivity contribution in [2.75, 3.05) is 6.61 Å². The molecule has 1 N–H and O–H groups in total. The van der Waals surface area contributed by atoms with Crippen LogP contribution >= 0.6 is 0 Å². The van der Waals surface area contributed by atoms with Crippen LogP contribution in [-0.2, 0) is 4.79 Å². The summed E-state index contributed by atoms with van der Waals surface area (Å²) in [5.41, 5.74) is 4.34. The number of nitrogens with zero attached hydrogens (tertiary/aromatic N) is 4. The number of amides is 1. The van der Waals surface area contributed by atoms with Gasteiger partial charge in [-0.25, -0.2) is 4.68 Å². The zero-order valence-corrected chi connectivity index (χ0v) is 15.0. The average Bonchev–Trinajstić information content (AvgIpc) is 3.17. The summed E-state index contributed by atoms with van der Waals surface area (Å²) < 4.78 is 7.09.